The summed E-state index contributed by atoms with van der Waals surface area (Å²) in [5.41, 5.74) is 3.31. The highest BCUT2D eigenvalue weighted by atomic mass is 32.3. The van der Waals surface area contributed by atoms with Gasteiger partial charge in [0, 0.05) is 6.42 Å². The van der Waals surface area contributed by atoms with Crippen LogP contribution >= 0.6 is 11.0 Å². The van der Waals surface area contributed by atoms with Gasteiger partial charge in [-0.3, -0.25) is 13.4 Å². The van der Waals surface area contributed by atoms with Gasteiger partial charge < -0.3 is 10.2 Å². The zero-order chi connectivity index (χ0) is 20.6. The molecule has 3 aromatic carbocycles. The summed E-state index contributed by atoms with van der Waals surface area (Å²) in [6.45, 7) is -0.0535. The number of hydrogen-bond acceptors (Lipinski definition) is 7. The SMILES string of the molecule is N#CCCc1cccc(-c2ccc3cc(O)c(N4CC(O)NS4(O)O)cc3c2)c1. The molecule has 5 N–H and O–H groups in total. The molecule has 1 fully saturated rings. The van der Waals surface area contributed by atoms with Gasteiger partial charge in [0.25, 0.3) is 0 Å². The molecule has 1 unspecified atom stereocenters. The molecule has 0 spiro atoms. The van der Waals surface area contributed by atoms with E-state index in [9.17, 15) is 19.3 Å². The van der Waals surface area contributed by atoms with E-state index >= 15 is 0 Å². The molecule has 0 aliphatic carbocycles. The van der Waals surface area contributed by atoms with Crippen LogP contribution in [0, 0.1) is 11.3 Å². The van der Waals surface area contributed by atoms with Crippen molar-refractivity contribution in [1.82, 2.24) is 4.72 Å². The highest BCUT2D eigenvalue weighted by Gasteiger charge is 2.36. The first-order chi connectivity index (χ1) is 13.9. The molecule has 1 saturated heterocycles. The van der Waals surface area contributed by atoms with Crippen molar-refractivity contribution in [1.29, 1.82) is 5.26 Å². The number of aryl methyl sites for hydroxylation is 1. The lowest BCUT2D eigenvalue weighted by Crippen LogP contribution is -2.25. The van der Waals surface area contributed by atoms with Gasteiger partial charge in [0.15, 0.2) is 0 Å². The summed E-state index contributed by atoms with van der Waals surface area (Å²) in [4.78, 5) is 0. The number of phenolic OH excluding ortho intramolecular Hbond substituents is 1. The van der Waals surface area contributed by atoms with Crippen LogP contribution in [-0.4, -0.2) is 32.1 Å². The molecule has 4 rings (SSSR count). The number of benzene rings is 3. The molecule has 1 aliphatic heterocycles. The number of nitrogens with one attached hydrogen (secondary N) is 1. The summed E-state index contributed by atoms with van der Waals surface area (Å²) in [7, 11) is -3.41. The third-order valence-electron chi connectivity index (χ3n) is 4.93. The molecule has 0 radical (unpaired) electrons. The van der Waals surface area contributed by atoms with Crippen molar-refractivity contribution in [2.45, 2.75) is 19.1 Å². The van der Waals surface area contributed by atoms with Crippen LogP contribution in [-0.2, 0) is 6.42 Å². The molecule has 0 bridgehead atoms. The Bertz CT molecular complexity index is 1110. The lowest BCUT2D eigenvalue weighted by atomic mass is 9.98. The summed E-state index contributed by atoms with van der Waals surface area (Å²) < 4.78 is 23.8. The molecule has 8 heteroatoms. The molecule has 1 heterocycles. The molecule has 29 heavy (non-hydrogen) atoms. The van der Waals surface area contributed by atoms with Crippen molar-refractivity contribution in [2.24, 2.45) is 0 Å². The van der Waals surface area contributed by atoms with E-state index in [1.165, 1.54) is 4.31 Å². The highest BCUT2D eigenvalue weighted by Crippen LogP contribution is 2.50. The lowest BCUT2D eigenvalue weighted by molar-refractivity contribution is 0.182. The summed E-state index contributed by atoms with van der Waals surface area (Å²) in [6, 6.07) is 19.2. The number of aliphatic hydroxyl groups is 1. The maximum atomic E-state index is 10.4. The molecule has 7 nitrogen and oxygen atoms in total. The quantitative estimate of drug-likeness (QED) is 0.440. The smallest absolute Gasteiger partial charge is 0.142 e. The third-order valence-corrected chi connectivity index (χ3v) is 6.48. The fourth-order valence-electron chi connectivity index (χ4n) is 3.54. The molecule has 0 amide bonds. The lowest BCUT2D eigenvalue weighted by Gasteiger charge is -2.37. The number of aromatic hydroxyl groups is 1. The minimum absolute atomic E-state index is 0.0535. The number of phenols is 1. The number of hydrogen-bond donors (Lipinski definition) is 5. The minimum atomic E-state index is -3.41. The Kier molecular flexibility index (Phi) is 5.08. The van der Waals surface area contributed by atoms with Gasteiger partial charge in [-0.15, -0.1) is 0 Å². The van der Waals surface area contributed by atoms with E-state index in [0.717, 1.165) is 27.5 Å². The normalized spacial score (nSPS) is 19.2. The summed E-state index contributed by atoms with van der Waals surface area (Å²) in [5, 5.41) is 30.5. The molecule has 150 valence electrons. The van der Waals surface area contributed by atoms with E-state index in [1.807, 2.05) is 36.4 Å². The summed E-state index contributed by atoms with van der Waals surface area (Å²) >= 11 is 0. The van der Waals surface area contributed by atoms with Crippen molar-refractivity contribution >= 4 is 27.4 Å². The van der Waals surface area contributed by atoms with Crippen LogP contribution in [0.3, 0.4) is 0 Å². The predicted octanol–water partition coefficient (Wildman–Crippen LogP) is 3.98. The minimum Gasteiger partial charge on any atom is -0.506 e. The summed E-state index contributed by atoms with van der Waals surface area (Å²) in [5.74, 6) is -0.0976. The van der Waals surface area contributed by atoms with Crippen LogP contribution < -0.4 is 9.03 Å². The van der Waals surface area contributed by atoms with Crippen molar-refractivity contribution in [3.05, 3.63) is 60.2 Å². The molecule has 1 atom stereocenters. The van der Waals surface area contributed by atoms with E-state index in [1.54, 1.807) is 12.1 Å². The van der Waals surface area contributed by atoms with E-state index < -0.39 is 17.2 Å². The van der Waals surface area contributed by atoms with Gasteiger partial charge in [0.1, 0.15) is 17.7 Å². The van der Waals surface area contributed by atoms with Gasteiger partial charge in [-0.25, -0.2) is 0 Å². The second-order valence-electron chi connectivity index (χ2n) is 6.97. The zero-order valence-electron chi connectivity index (χ0n) is 15.5. The maximum Gasteiger partial charge on any atom is 0.142 e. The largest absolute Gasteiger partial charge is 0.506 e. The third kappa shape index (κ3) is 3.87. The fourth-order valence-corrected chi connectivity index (χ4v) is 4.88. The number of β-amino-alcohol motifs (C(OH)–C–C–N with tert-alkyl or cyclic N) is 1. The van der Waals surface area contributed by atoms with Crippen LogP contribution in [0.15, 0.2) is 54.6 Å². The molecule has 3 aromatic rings. The zero-order valence-corrected chi connectivity index (χ0v) is 16.3. The van der Waals surface area contributed by atoms with Crippen LogP contribution in [0.25, 0.3) is 21.9 Å². The number of anilines is 1. The topological polar surface area (TPSA) is 120 Å². The first-order valence-corrected chi connectivity index (χ1v) is 10.6. The Morgan fingerprint density at radius 3 is 2.59 bits per heavy atom. The molecule has 0 aromatic heterocycles. The summed E-state index contributed by atoms with van der Waals surface area (Å²) in [6.07, 6.45) is 0.0573. The van der Waals surface area contributed by atoms with Crippen molar-refractivity contribution in [2.75, 3.05) is 10.8 Å². The maximum absolute atomic E-state index is 10.4. The number of aliphatic hydroxyl groups excluding tert-OH is 1. The Hall–Kier alpha value is -2.80. The molecular weight excluding hydrogens is 390 g/mol. The van der Waals surface area contributed by atoms with Crippen LogP contribution in [0.4, 0.5) is 5.69 Å². The second-order valence-corrected chi connectivity index (χ2v) is 8.69. The fraction of sp³-hybridized carbons (Fsp3) is 0.190. The second kappa shape index (κ2) is 7.55. The van der Waals surface area contributed by atoms with Gasteiger partial charge in [-0.1, -0.05) is 47.4 Å². The first-order valence-electron chi connectivity index (χ1n) is 9.12. The predicted molar refractivity (Wildman–Crippen MR) is 114 cm³/mol. The van der Waals surface area contributed by atoms with E-state index in [4.69, 9.17) is 5.26 Å². The monoisotopic (exact) mass is 411 g/mol. The number of rotatable bonds is 4. The molecule has 1 aliphatic rings. The van der Waals surface area contributed by atoms with E-state index in [0.29, 0.717) is 12.8 Å². The molecule has 0 saturated carbocycles. The van der Waals surface area contributed by atoms with Gasteiger partial charge >= 0.3 is 0 Å². The highest BCUT2D eigenvalue weighted by molar-refractivity contribution is 8.24. The average molecular weight is 411 g/mol. The number of fused-ring (bicyclic) bond motifs is 1. The number of nitrogens with zero attached hydrogens (tertiary/aromatic N) is 2. The average Bonchev–Trinajstić information content (AvgIpc) is 2.97. The Morgan fingerprint density at radius 1 is 1.07 bits per heavy atom. The number of nitriles is 1. The van der Waals surface area contributed by atoms with E-state index in [2.05, 4.69) is 16.9 Å². The van der Waals surface area contributed by atoms with Gasteiger partial charge in [-0.2, -0.15) is 9.98 Å². The van der Waals surface area contributed by atoms with Gasteiger partial charge in [0.05, 0.1) is 12.6 Å². The Balaban J connectivity index is 1.75. The molecular formula is C21H21N3O4S. The van der Waals surface area contributed by atoms with Crippen LogP contribution in [0.2, 0.25) is 0 Å². The van der Waals surface area contributed by atoms with E-state index in [-0.39, 0.29) is 18.0 Å². The Labute approximate surface area is 170 Å². The van der Waals surface area contributed by atoms with Crippen molar-refractivity contribution < 1.29 is 19.3 Å². The Morgan fingerprint density at radius 2 is 1.86 bits per heavy atom. The van der Waals surface area contributed by atoms with Gasteiger partial charge in [0.2, 0.25) is 0 Å². The van der Waals surface area contributed by atoms with Crippen molar-refractivity contribution in [3.63, 3.8) is 0 Å². The van der Waals surface area contributed by atoms with Crippen LogP contribution in [0.1, 0.15) is 12.0 Å². The van der Waals surface area contributed by atoms with Gasteiger partial charge in [-0.05, 0) is 52.1 Å². The standard InChI is InChI=1S/C21H21N3O4S/c22-8-2-4-14-3-1-5-15(9-14)16-6-7-17-12-20(25)19(11-18(17)10-16)24-13-21(26)23-29(24,27)28/h1,3,5-7,9-12,21,23,25-28H,2,4,13H2. The first kappa shape index (κ1) is 19.5. The van der Waals surface area contributed by atoms with Crippen LogP contribution in [0.5, 0.6) is 5.75 Å². The van der Waals surface area contributed by atoms with Crippen molar-refractivity contribution in [3.8, 4) is 22.9 Å².